The first kappa shape index (κ1) is 15.3. The third kappa shape index (κ3) is 30.7. The summed E-state index contributed by atoms with van der Waals surface area (Å²) in [6.07, 6.45) is 0. The zero-order valence-corrected chi connectivity index (χ0v) is 11.7. The van der Waals surface area contributed by atoms with Crippen LogP contribution in [0.15, 0.2) is 30.3 Å². The Morgan fingerprint density at radius 2 is 1.33 bits per heavy atom. The van der Waals surface area contributed by atoms with Gasteiger partial charge in [-0.05, 0) is 0 Å². The van der Waals surface area contributed by atoms with Crippen molar-refractivity contribution < 1.29 is 17.0 Å². The average Bonchev–Trinajstić information content (AvgIpc) is 2.40. The third-order valence-corrected chi connectivity index (χ3v) is 0.556. The van der Waals surface area contributed by atoms with Crippen LogP contribution in [0, 0.1) is 0 Å². The largest absolute Gasteiger partial charge is 0.214 e. The molecule has 0 aromatic heterocycles. The van der Waals surface area contributed by atoms with Gasteiger partial charge in [0, 0.05) is 8.80 Å². The van der Waals surface area contributed by atoms with Gasteiger partial charge in [0.15, 0.2) is 0 Å². The normalized spacial score (nSPS) is 7.50. The Balaban J connectivity index is 0. The van der Waals surface area contributed by atoms with Crippen molar-refractivity contribution in [3.8, 4) is 0 Å². The van der Waals surface area contributed by atoms with Gasteiger partial charge in [-0.2, -0.15) is 18.2 Å². The molecule has 0 aliphatic rings. The molecule has 4 heteroatoms. The second-order valence-electron chi connectivity index (χ2n) is 2.53. The van der Waals surface area contributed by atoms with Crippen LogP contribution in [0.4, 0.5) is 0 Å². The van der Waals surface area contributed by atoms with Gasteiger partial charge in [-0.25, -0.2) is 12.1 Å². The molecule has 0 heterocycles. The summed E-state index contributed by atoms with van der Waals surface area (Å²) < 4.78 is 0. The van der Waals surface area contributed by atoms with Crippen molar-refractivity contribution in [1.82, 2.24) is 0 Å². The summed E-state index contributed by atoms with van der Waals surface area (Å²) in [5, 5.41) is 0. The molecule has 0 aliphatic carbocycles. The molecule has 0 N–H and O–H groups in total. The maximum Gasteiger partial charge on any atom is -0.172 e. The van der Waals surface area contributed by atoms with E-state index in [9.17, 15) is 0 Å². The molecule has 1 aromatic carbocycles. The molecule has 69 valence electrons. The first-order chi connectivity index (χ1) is 5.65. The van der Waals surface area contributed by atoms with E-state index in [0.717, 1.165) is 0 Å². The Labute approximate surface area is 93.9 Å². The van der Waals surface area contributed by atoms with E-state index in [4.69, 9.17) is 18.6 Å². The first-order valence-electron chi connectivity index (χ1n) is 3.54. The minimum absolute atomic E-state index is 0.120. The molecule has 0 nitrogen and oxygen atoms in total. The molecular formula is C8H14Cl2SiTi-. The third-order valence-electron chi connectivity index (χ3n) is 0.556. The van der Waals surface area contributed by atoms with Gasteiger partial charge in [0.2, 0.25) is 0 Å². The van der Waals surface area contributed by atoms with Gasteiger partial charge in [-0.3, -0.25) is 0 Å². The Hall–Kier alpha value is 0.861. The molecular weight excluding hydrogens is 243 g/mol. The smallest absolute Gasteiger partial charge is 0.172 e. The van der Waals surface area contributed by atoms with Crippen LogP contribution in [-0.4, -0.2) is 8.80 Å². The zero-order chi connectivity index (χ0) is 9.82. The second kappa shape index (κ2) is 14.4. The molecule has 1 aromatic rings. The fourth-order valence-corrected chi connectivity index (χ4v) is 0.321. The van der Waals surface area contributed by atoms with Crippen LogP contribution in [0.2, 0.25) is 19.6 Å². The van der Waals surface area contributed by atoms with E-state index in [0.29, 0.717) is 0 Å². The van der Waals surface area contributed by atoms with Crippen molar-refractivity contribution >= 4 is 27.4 Å². The van der Waals surface area contributed by atoms with Crippen LogP contribution >= 0.6 is 18.6 Å². The molecule has 0 spiro atoms. The molecule has 0 atom stereocenters. The molecule has 0 bridgehead atoms. The fourth-order valence-electron chi connectivity index (χ4n) is 0.321. The summed E-state index contributed by atoms with van der Waals surface area (Å²) in [5.41, 5.74) is 0. The topological polar surface area (TPSA) is 0 Å². The van der Waals surface area contributed by atoms with Crippen molar-refractivity contribution in [2.45, 2.75) is 19.6 Å². The summed E-state index contributed by atoms with van der Waals surface area (Å²) in [4.78, 5) is 0. The summed E-state index contributed by atoms with van der Waals surface area (Å²) in [7, 11) is 9.90. The van der Waals surface area contributed by atoms with Crippen molar-refractivity contribution in [2.75, 3.05) is 0 Å². The van der Waals surface area contributed by atoms with Crippen LogP contribution in [0.25, 0.3) is 0 Å². The molecule has 0 amide bonds. The maximum absolute atomic E-state index is 4.89. The molecule has 0 saturated carbocycles. The Morgan fingerprint density at radius 3 is 1.42 bits per heavy atom. The fraction of sp³-hybridized carbons (Fsp3) is 0.375. The average molecular weight is 257 g/mol. The molecule has 0 saturated heterocycles. The Kier molecular flexibility index (Phi) is 18.4. The van der Waals surface area contributed by atoms with E-state index >= 15 is 0 Å². The molecule has 0 fully saturated rings. The van der Waals surface area contributed by atoms with Gasteiger partial charge in [-0.15, -0.1) is 0 Å². The number of rotatable bonds is 0. The van der Waals surface area contributed by atoms with Crippen molar-refractivity contribution in [3.05, 3.63) is 30.3 Å². The monoisotopic (exact) mass is 256 g/mol. The Bertz CT molecular complexity index is 112. The van der Waals surface area contributed by atoms with Crippen molar-refractivity contribution in [2.24, 2.45) is 0 Å². The predicted molar refractivity (Wildman–Crippen MR) is 57.1 cm³/mol. The van der Waals surface area contributed by atoms with Crippen molar-refractivity contribution in [1.29, 1.82) is 0 Å². The van der Waals surface area contributed by atoms with Gasteiger partial charge >= 0.3 is 35.6 Å². The minimum Gasteiger partial charge on any atom is -0.214 e. The minimum atomic E-state index is -0.556. The van der Waals surface area contributed by atoms with Crippen LogP contribution in [-0.2, 0) is 17.0 Å². The Morgan fingerprint density at radius 1 is 1.08 bits per heavy atom. The van der Waals surface area contributed by atoms with E-state index in [1.165, 1.54) is 0 Å². The number of hydrogen-bond donors (Lipinski definition) is 0. The molecule has 12 heavy (non-hydrogen) atoms. The quantitative estimate of drug-likeness (QED) is 0.483. The summed E-state index contributed by atoms with van der Waals surface area (Å²) in [6, 6.07) is 10.0. The van der Waals surface area contributed by atoms with Crippen molar-refractivity contribution in [3.63, 3.8) is 0 Å². The number of hydrogen-bond acceptors (Lipinski definition) is 0. The standard InChI is InChI=1S/C5H5.C3H9Si.2ClH.Ti/c1-2-4-5-3-1;1-4(2)3;;;/h1-5H;1-3H3;2*1H;/q-1;;;;+2/p-2. The molecule has 0 aliphatic heterocycles. The van der Waals surface area contributed by atoms with E-state index in [2.05, 4.69) is 19.6 Å². The van der Waals surface area contributed by atoms with Gasteiger partial charge < -0.3 is 0 Å². The molecule has 1 rings (SSSR count). The van der Waals surface area contributed by atoms with Crippen LogP contribution in [0.1, 0.15) is 0 Å². The van der Waals surface area contributed by atoms with Crippen LogP contribution in [0.5, 0.6) is 0 Å². The maximum atomic E-state index is 4.89. The van der Waals surface area contributed by atoms with Gasteiger partial charge in [0.1, 0.15) is 0 Å². The second-order valence-corrected chi connectivity index (χ2v) is 8.11. The van der Waals surface area contributed by atoms with E-state index in [-0.39, 0.29) is 8.80 Å². The first-order valence-corrected chi connectivity index (χ1v) is 10.8. The summed E-state index contributed by atoms with van der Waals surface area (Å²) in [5.74, 6) is 0. The zero-order valence-electron chi connectivity index (χ0n) is 7.64. The molecule has 1 radical (unpaired) electrons. The summed E-state index contributed by atoms with van der Waals surface area (Å²) >= 11 is -0.556. The predicted octanol–water partition coefficient (Wildman–Crippen LogP) is 4.15. The number of halogens is 2. The van der Waals surface area contributed by atoms with E-state index in [1.54, 1.807) is 0 Å². The van der Waals surface area contributed by atoms with E-state index < -0.39 is 17.0 Å². The van der Waals surface area contributed by atoms with Crippen LogP contribution < -0.4 is 0 Å². The molecule has 0 unspecified atom stereocenters. The van der Waals surface area contributed by atoms with Crippen LogP contribution in [0.3, 0.4) is 0 Å². The van der Waals surface area contributed by atoms with Gasteiger partial charge in [0.05, 0.1) is 0 Å². The van der Waals surface area contributed by atoms with Gasteiger partial charge in [0.25, 0.3) is 0 Å². The summed E-state index contributed by atoms with van der Waals surface area (Å²) in [6.45, 7) is 6.81. The van der Waals surface area contributed by atoms with E-state index in [1.807, 2.05) is 30.3 Å². The SMILES string of the molecule is C[Si](C)C.[Cl][Ti][Cl].c1cc[cH-]c1. The van der Waals surface area contributed by atoms with Gasteiger partial charge in [-0.1, -0.05) is 19.6 Å².